The number of nitrogens with zero attached hydrogens (tertiary/aromatic N) is 3. The van der Waals surface area contributed by atoms with E-state index in [4.69, 9.17) is 4.52 Å². The summed E-state index contributed by atoms with van der Waals surface area (Å²) in [6.45, 7) is 6.10. The van der Waals surface area contributed by atoms with Crippen molar-refractivity contribution in [1.82, 2.24) is 9.46 Å². The van der Waals surface area contributed by atoms with Crippen molar-refractivity contribution in [1.29, 1.82) is 0 Å². The molecule has 1 amide bonds. The van der Waals surface area contributed by atoms with Crippen molar-refractivity contribution in [2.75, 3.05) is 25.0 Å². The Balaban J connectivity index is 1.55. The second-order valence-corrected chi connectivity index (χ2v) is 11.0. The molecule has 2 heterocycles. The SMILES string of the molecule is Cc1ccc(/C=C/c2onc(C)c2S(=O)(=O)N2CCCC(C(=O)N(C)c3ccc(C)cc3)C2)cc1. The van der Waals surface area contributed by atoms with Gasteiger partial charge in [0.1, 0.15) is 5.69 Å². The molecule has 1 aliphatic rings. The molecule has 0 saturated carbocycles. The van der Waals surface area contributed by atoms with E-state index in [1.54, 1.807) is 31.0 Å². The summed E-state index contributed by atoms with van der Waals surface area (Å²) in [5, 5.41) is 3.93. The van der Waals surface area contributed by atoms with Crippen molar-refractivity contribution in [3.63, 3.8) is 0 Å². The van der Waals surface area contributed by atoms with Gasteiger partial charge in [0.2, 0.25) is 15.9 Å². The predicted octanol–water partition coefficient (Wildman–Crippen LogP) is 4.83. The third-order valence-electron chi connectivity index (χ3n) is 6.42. The highest BCUT2D eigenvalue weighted by Gasteiger charge is 2.37. The first-order valence-corrected chi connectivity index (χ1v) is 13.2. The first-order valence-electron chi connectivity index (χ1n) is 11.7. The molecule has 1 aliphatic heterocycles. The van der Waals surface area contributed by atoms with Crippen LogP contribution in [0.4, 0.5) is 5.69 Å². The third kappa shape index (κ3) is 5.39. The van der Waals surface area contributed by atoms with Gasteiger partial charge in [0, 0.05) is 25.8 Å². The van der Waals surface area contributed by atoms with Crippen LogP contribution >= 0.6 is 0 Å². The molecule has 0 radical (unpaired) electrons. The molecule has 1 saturated heterocycles. The Morgan fingerprint density at radius 1 is 1.03 bits per heavy atom. The molecular formula is C27H31N3O4S. The van der Waals surface area contributed by atoms with Gasteiger partial charge < -0.3 is 9.42 Å². The number of anilines is 1. The Labute approximate surface area is 207 Å². The van der Waals surface area contributed by atoms with Crippen LogP contribution < -0.4 is 4.90 Å². The number of rotatable bonds is 6. The maximum Gasteiger partial charge on any atom is 0.248 e. The predicted molar refractivity (Wildman–Crippen MR) is 137 cm³/mol. The van der Waals surface area contributed by atoms with Crippen LogP contribution in [0.25, 0.3) is 12.2 Å². The van der Waals surface area contributed by atoms with Gasteiger partial charge in [-0.3, -0.25) is 4.79 Å². The zero-order valence-corrected chi connectivity index (χ0v) is 21.4. The maximum atomic E-state index is 13.7. The number of amides is 1. The van der Waals surface area contributed by atoms with Gasteiger partial charge in [0.15, 0.2) is 10.7 Å². The van der Waals surface area contributed by atoms with Crippen LogP contribution in [0.2, 0.25) is 0 Å². The highest BCUT2D eigenvalue weighted by Crippen LogP contribution is 2.30. The fourth-order valence-electron chi connectivity index (χ4n) is 4.31. The lowest BCUT2D eigenvalue weighted by Crippen LogP contribution is -2.46. The fourth-order valence-corrected chi connectivity index (χ4v) is 6.08. The van der Waals surface area contributed by atoms with E-state index < -0.39 is 15.9 Å². The molecule has 4 rings (SSSR count). The molecule has 7 nitrogen and oxygen atoms in total. The molecule has 1 aromatic heterocycles. The Kier molecular flexibility index (Phi) is 7.23. The van der Waals surface area contributed by atoms with Gasteiger partial charge in [0.05, 0.1) is 5.92 Å². The van der Waals surface area contributed by atoms with E-state index >= 15 is 0 Å². The quantitative estimate of drug-likeness (QED) is 0.491. The number of aromatic nitrogens is 1. The van der Waals surface area contributed by atoms with Crippen molar-refractivity contribution in [3.05, 3.63) is 76.7 Å². The van der Waals surface area contributed by atoms with E-state index in [-0.39, 0.29) is 23.1 Å². The molecule has 0 bridgehead atoms. The monoisotopic (exact) mass is 493 g/mol. The number of piperidine rings is 1. The van der Waals surface area contributed by atoms with Crippen LogP contribution in [0, 0.1) is 26.7 Å². The lowest BCUT2D eigenvalue weighted by molar-refractivity contribution is -0.123. The lowest BCUT2D eigenvalue weighted by atomic mass is 9.98. The van der Waals surface area contributed by atoms with Crippen molar-refractivity contribution in [2.24, 2.45) is 5.92 Å². The highest BCUT2D eigenvalue weighted by molar-refractivity contribution is 7.89. The summed E-state index contributed by atoms with van der Waals surface area (Å²) >= 11 is 0. The largest absolute Gasteiger partial charge is 0.355 e. The number of carbonyl (C=O) groups excluding carboxylic acids is 1. The number of carbonyl (C=O) groups is 1. The average molecular weight is 494 g/mol. The van der Waals surface area contributed by atoms with Crippen molar-refractivity contribution in [3.8, 4) is 0 Å². The fraction of sp³-hybridized carbons (Fsp3) is 0.333. The number of hydrogen-bond donors (Lipinski definition) is 0. The standard InChI is InChI=1S/C27H31N3O4S/c1-19-7-11-22(12-8-19)13-16-25-26(21(3)28-34-25)35(32,33)30-17-5-6-23(18-30)27(31)29(4)24-14-9-20(2)10-15-24/h7-16,23H,5-6,17-18H2,1-4H3/b16-13+. The molecule has 0 N–H and O–H groups in total. The number of benzene rings is 2. The Bertz CT molecular complexity index is 1330. The molecule has 1 fully saturated rings. The van der Waals surface area contributed by atoms with Crippen LogP contribution in [0.15, 0.2) is 57.9 Å². The van der Waals surface area contributed by atoms with Gasteiger partial charge in [-0.05, 0) is 57.4 Å². The molecule has 0 aliphatic carbocycles. The van der Waals surface area contributed by atoms with E-state index in [2.05, 4.69) is 5.16 Å². The molecule has 3 aromatic rings. The minimum absolute atomic E-state index is 0.0563. The lowest BCUT2D eigenvalue weighted by Gasteiger charge is -2.33. The molecule has 2 aromatic carbocycles. The molecule has 1 unspecified atom stereocenters. The van der Waals surface area contributed by atoms with Gasteiger partial charge >= 0.3 is 0 Å². The molecule has 35 heavy (non-hydrogen) atoms. The van der Waals surface area contributed by atoms with Crippen LogP contribution in [-0.2, 0) is 14.8 Å². The van der Waals surface area contributed by atoms with E-state index in [9.17, 15) is 13.2 Å². The van der Waals surface area contributed by atoms with Crippen molar-refractivity contribution < 1.29 is 17.7 Å². The highest BCUT2D eigenvalue weighted by atomic mass is 32.2. The van der Waals surface area contributed by atoms with Gasteiger partial charge in [0.25, 0.3) is 0 Å². The normalized spacial score (nSPS) is 17.1. The second-order valence-electron chi connectivity index (χ2n) is 9.14. The summed E-state index contributed by atoms with van der Waals surface area (Å²) in [5.74, 6) is -0.319. The number of sulfonamides is 1. The van der Waals surface area contributed by atoms with Gasteiger partial charge in [-0.15, -0.1) is 0 Å². The summed E-state index contributed by atoms with van der Waals surface area (Å²) in [4.78, 5) is 14.9. The first kappa shape index (κ1) is 24.9. The molecular weight excluding hydrogens is 462 g/mol. The van der Waals surface area contributed by atoms with Gasteiger partial charge in [-0.25, -0.2) is 8.42 Å². The minimum atomic E-state index is -3.90. The van der Waals surface area contributed by atoms with E-state index in [0.717, 1.165) is 22.4 Å². The Morgan fingerprint density at radius 3 is 2.31 bits per heavy atom. The molecule has 8 heteroatoms. The zero-order valence-electron chi connectivity index (χ0n) is 20.6. The average Bonchev–Trinajstić information content (AvgIpc) is 3.24. The summed E-state index contributed by atoms with van der Waals surface area (Å²) in [7, 11) is -2.16. The summed E-state index contributed by atoms with van der Waals surface area (Å²) < 4.78 is 34.1. The molecule has 184 valence electrons. The Hall–Kier alpha value is -3.23. The second kappa shape index (κ2) is 10.2. The van der Waals surface area contributed by atoms with E-state index in [0.29, 0.717) is 25.1 Å². The maximum absolute atomic E-state index is 13.7. The van der Waals surface area contributed by atoms with Crippen LogP contribution in [-0.4, -0.2) is 43.9 Å². The number of aryl methyl sites for hydroxylation is 3. The van der Waals surface area contributed by atoms with E-state index in [1.165, 1.54) is 4.31 Å². The molecule has 1 atom stereocenters. The smallest absolute Gasteiger partial charge is 0.248 e. The van der Waals surface area contributed by atoms with Crippen molar-refractivity contribution >= 4 is 33.8 Å². The summed E-state index contributed by atoms with van der Waals surface area (Å²) in [6, 6.07) is 15.6. The zero-order chi connectivity index (χ0) is 25.2. The van der Waals surface area contributed by atoms with Gasteiger partial charge in [-0.1, -0.05) is 58.8 Å². The van der Waals surface area contributed by atoms with Crippen molar-refractivity contribution in [2.45, 2.75) is 38.5 Å². The van der Waals surface area contributed by atoms with Crippen LogP contribution in [0.1, 0.15) is 41.0 Å². The topological polar surface area (TPSA) is 83.7 Å². The Morgan fingerprint density at radius 2 is 1.66 bits per heavy atom. The number of hydrogen-bond acceptors (Lipinski definition) is 5. The van der Waals surface area contributed by atoms with Crippen LogP contribution in [0.5, 0.6) is 0 Å². The van der Waals surface area contributed by atoms with Crippen LogP contribution in [0.3, 0.4) is 0 Å². The first-order chi connectivity index (χ1) is 16.7. The molecule has 0 spiro atoms. The summed E-state index contributed by atoms with van der Waals surface area (Å²) in [6.07, 6.45) is 4.69. The summed E-state index contributed by atoms with van der Waals surface area (Å²) in [5.41, 5.74) is 4.28. The van der Waals surface area contributed by atoms with E-state index in [1.807, 2.05) is 62.4 Å². The van der Waals surface area contributed by atoms with Gasteiger partial charge in [-0.2, -0.15) is 4.31 Å². The minimum Gasteiger partial charge on any atom is -0.355 e. The third-order valence-corrected chi connectivity index (χ3v) is 8.44.